The van der Waals surface area contributed by atoms with Gasteiger partial charge < -0.3 is 14.2 Å². The maximum Gasteiger partial charge on any atom is 0.323 e. The molecule has 2 rings (SSSR count). The van der Waals surface area contributed by atoms with E-state index in [1.165, 1.54) is 19.8 Å². The van der Waals surface area contributed by atoms with Crippen molar-refractivity contribution in [2.24, 2.45) is 11.3 Å². The number of hydrogen-bond donors (Lipinski definition) is 0. The summed E-state index contributed by atoms with van der Waals surface area (Å²) in [5.74, 6) is -0.729. The van der Waals surface area contributed by atoms with Gasteiger partial charge in [-0.25, -0.2) is 0 Å². The minimum absolute atomic E-state index is 0.298. The van der Waals surface area contributed by atoms with E-state index in [-0.39, 0.29) is 0 Å². The second kappa shape index (κ2) is 6.65. The van der Waals surface area contributed by atoms with Gasteiger partial charge in [-0.2, -0.15) is 0 Å². The Hall–Kier alpha value is -1.62. The van der Waals surface area contributed by atoms with Crippen LogP contribution in [-0.2, 0) is 23.8 Å². The number of carbonyl (C=O) groups excluding carboxylic acids is 2. The molecule has 2 aliphatic rings. The van der Waals surface area contributed by atoms with Crippen molar-refractivity contribution < 1.29 is 23.8 Å². The molecule has 0 unspecified atom stereocenters. The first-order chi connectivity index (χ1) is 10.5. The van der Waals surface area contributed by atoms with Gasteiger partial charge in [-0.15, -0.1) is 0 Å². The number of carbonyl (C=O) groups is 2. The molecule has 0 heterocycles. The summed E-state index contributed by atoms with van der Waals surface area (Å²) >= 11 is 0. The van der Waals surface area contributed by atoms with Crippen LogP contribution in [0.2, 0.25) is 0 Å². The fourth-order valence-electron chi connectivity index (χ4n) is 3.49. The van der Waals surface area contributed by atoms with Crippen LogP contribution < -0.4 is 0 Å². The zero-order valence-corrected chi connectivity index (χ0v) is 13.7. The first-order valence-corrected chi connectivity index (χ1v) is 7.64. The highest BCUT2D eigenvalue weighted by Gasteiger charge is 2.54. The van der Waals surface area contributed by atoms with Crippen LogP contribution in [0.15, 0.2) is 22.8 Å². The number of rotatable bonds is 5. The second-order valence-electron chi connectivity index (χ2n) is 6.01. The molecule has 0 aromatic carbocycles. The number of hydrogen-bond acceptors (Lipinski definition) is 5. The molecule has 0 aliphatic heterocycles. The second-order valence-corrected chi connectivity index (χ2v) is 6.01. The SMILES string of the molecule is CCOCC1=CC2=C(CC(C(=O)OC)(C(=O)OC)C2)[C@H](C)C1. The predicted molar refractivity (Wildman–Crippen MR) is 81.1 cm³/mol. The normalized spacial score (nSPS) is 22.9. The average molecular weight is 308 g/mol. The van der Waals surface area contributed by atoms with E-state index in [4.69, 9.17) is 14.2 Å². The molecule has 1 atom stereocenters. The van der Waals surface area contributed by atoms with Crippen LogP contribution in [0.5, 0.6) is 0 Å². The summed E-state index contributed by atoms with van der Waals surface area (Å²) in [5, 5.41) is 0. The highest BCUT2D eigenvalue weighted by molar-refractivity contribution is 6.01. The van der Waals surface area contributed by atoms with E-state index in [0.717, 1.165) is 17.6 Å². The summed E-state index contributed by atoms with van der Waals surface area (Å²) in [5.41, 5.74) is 2.21. The van der Waals surface area contributed by atoms with E-state index >= 15 is 0 Å². The van der Waals surface area contributed by atoms with Crippen LogP contribution in [0.1, 0.15) is 33.1 Å². The van der Waals surface area contributed by atoms with E-state index in [1.807, 2.05) is 6.92 Å². The Morgan fingerprint density at radius 3 is 2.41 bits per heavy atom. The molecule has 122 valence electrons. The van der Waals surface area contributed by atoms with E-state index in [1.54, 1.807) is 0 Å². The van der Waals surface area contributed by atoms with Gasteiger partial charge in [0, 0.05) is 6.61 Å². The van der Waals surface area contributed by atoms with Crippen LogP contribution in [0.25, 0.3) is 0 Å². The quantitative estimate of drug-likeness (QED) is 0.576. The summed E-state index contributed by atoms with van der Waals surface area (Å²) in [6.45, 7) is 5.36. The molecule has 0 amide bonds. The summed E-state index contributed by atoms with van der Waals surface area (Å²) in [7, 11) is 2.62. The maximum atomic E-state index is 12.2. The zero-order valence-electron chi connectivity index (χ0n) is 13.7. The number of esters is 2. The van der Waals surface area contributed by atoms with Crippen LogP contribution in [0.4, 0.5) is 0 Å². The van der Waals surface area contributed by atoms with Crippen LogP contribution in [-0.4, -0.2) is 39.4 Å². The lowest BCUT2D eigenvalue weighted by Crippen LogP contribution is -2.39. The molecule has 0 spiro atoms. The molecular weight excluding hydrogens is 284 g/mol. The van der Waals surface area contributed by atoms with Gasteiger partial charge in [0.2, 0.25) is 0 Å². The van der Waals surface area contributed by atoms with Crippen molar-refractivity contribution in [1.29, 1.82) is 0 Å². The van der Waals surface area contributed by atoms with Gasteiger partial charge in [-0.1, -0.05) is 18.6 Å². The van der Waals surface area contributed by atoms with E-state index < -0.39 is 17.4 Å². The minimum atomic E-state index is -1.22. The Morgan fingerprint density at radius 2 is 1.86 bits per heavy atom. The largest absolute Gasteiger partial charge is 0.468 e. The van der Waals surface area contributed by atoms with Crippen molar-refractivity contribution >= 4 is 11.9 Å². The average Bonchev–Trinajstić information content (AvgIpc) is 2.92. The Labute approximate surface area is 131 Å². The topological polar surface area (TPSA) is 61.8 Å². The zero-order chi connectivity index (χ0) is 16.3. The van der Waals surface area contributed by atoms with Gasteiger partial charge in [-0.3, -0.25) is 9.59 Å². The van der Waals surface area contributed by atoms with Crippen LogP contribution in [0, 0.1) is 11.3 Å². The van der Waals surface area contributed by atoms with E-state index in [0.29, 0.717) is 32.0 Å². The molecule has 0 N–H and O–H groups in total. The Morgan fingerprint density at radius 1 is 1.23 bits per heavy atom. The van der Waals surface area contributed by atoms with E-state index in [9.17, 15) is 9.59 Å². The third-order valence-electron chi connectivity index (χ3n) is 4.58. The minimum Gasteiger partial charge on any atom is -0.468 e. The summed E-state index contributed by atoms with van der Waals surface area (Å²) in [4.78, 5) is 24.5. The lowest BCUT2D eigenvalue weighted by molar-refractivity contribution is -0.168. The maximum absolute atomic E-state index is 12.2. The van der Waals surface area contributed by atoms with Gasteiger partial charge in [0.25, 0.3) is 0 Å². The van der Waals surface area contributed by atoms with E-state index in [2.05, 4.69) is 13.0 Å². The van der Waals surface area contributed by atoms with Gasteiger partial charge in [0.1, 0.15) is 0 Å². The standard InChI is InChI=1S/C17H24O5/c1-5-22-10-12-6-11(2)14-9-17(15(18)20-3,16(19)21-4)8-13(14)7-12/h7,11H,5-6,8-10H2,1-4H3/t11-/m1/s1. The first kappa shape index (κ1) is 16.7. The molecule has 22 heavy (non-hydrogen) atoms. The highest BCUT2D eigenvalue weighted by atomic mass is 16.5. The number of methoxy groups -OCH3 is 2. The number of allylic oxidation sites excluding steroid dienone is 3. The smallest absolute Gasteiger partial charge is 0.323 e. The van der Waals surface area contributed by atoms with Crippen molar-refractivity contribution in [2.45, 2.75) is 33.1 Å². The van der Waals surface area contributed by atoms with Gasteiger partial charge >= 0.3 is 11.9 Å². The Balaban J connectivity index is 2.29. The fraction of sp³-hybridized carbons (Fsp3) is 0.647. The summed E-state index contributed by atoms with van der Waals surface area (Å²) in [6.07, 6.45) is 3.72. The Kier molecular flexibility index (Phi) is 5.06. The molecule has 0 saturated carbocycles. The van der Waals surface area contributed by atoms with Crippen molar-refractivity contribution in [2.75, 3.05) is 27.4 Å². The van der Waals surface area contributed by atoms with Crippen molar-refractivity contribution in [3.63, 3.8) is 0 Å². The summed E-state index contributed by atoms with van der Waals surface area (Å²) in [6, 6.07) is 0. The van der Waals surface area contributed by atoms with Crippen LogP contribution in [0.3, 0.4) is 0 Å². The molecule has 0 bridgehead atoms. The summed E-state index contributed by atoms with van der Waals surface area (Å²) < 4.78 is 15.2. The van der Waals surface area contributed by atoms with Gasteiger partial charge in [0.05, 0.1) is 20.8 Å². The number of ether oxygens (including phenoxy) is 3. The molecule has 0 saturated heterocycles. The first-order valence-electron chi connectivity index (χ1n) is 7.64. The predicted octanol–water partition coefficient (Wildman–Crippen LogP) is 2.41. The molecule has 5 nitrogen and oxygen atoms in total. The third-order valence-corrected chi connectivity index (χ3v) is 4.58. The fourth-order valence-corrected chi connectivity index (χ4v) is 3.49. The molecule has 0 fully saturated rings. The van der Waals surface area contributed by atoms with Crippen LogP contribution >= 0.6 is 0 Å². The van der Waals surface area contributed by atoms with Crippen molar-refractivity contribution in [1.82, 2.24) is 0 Å². The molecule has 0 aromatic heterocycles. The van der Waals surface area contributed by atoms with Crippen molar-refractivity contribution in [3.05, 3.63) is 22.8 Å². The molecule has 5 heteroatoms. The molecule has 0 radical (unpaired) electrons. The molecular formula is C17H24O5. The molecule has 0 aromatic rings. The Bertz CT molecular complexity index is 513. The molecule has 2 aliphatic carbocycles. The van der Waals surface area contributed by atoms with Gasteiger partial charge in [0.15, 0.2) is 5.41 Å². The monoisotopic (exact) mass is 308 g/mol. The highest BCUT2D eigenvalue weighted by Crippen LogP contribution is 2.50. The third kappa shape index (κ3) is 2.82. The lowest BCUT2D eigenvalue weighted by Gasteiger charge is -2.24. The van der Waals surface area contributed by atoms with Gasteiger partial charge in [-0.05, 0) is 43.3 Å². The van der Waals surface area contributed by atoms with Crippen molar-refractivity contribution in [3.8, 4) is 0 Å². The lowest BCUT2D eigenvalue weighted by atomic mass is 9.82.